The summed E-state index contributed by atoms with van der Waals surface area (Å²) in [7, 11) is -1.99. The van der Waals surface area contributed by atoms with E-state index in [0.29, 0.717) is 18.7 Å². The first-order valence-electron chi connectivity index (χ1n) is 8.91. The lowest BCUT2D eigenvalue weighted by Crippen LogP contribution is -2.33. The molecule has 0 spiro atoms. The molecule has 1 aliphatic heterocycles. The molecule has 0 fully saturated rings. The molecule has 0 aliphatic carbocycles. The molecule has 0 bridgehead atoms. The van der Waals surface area contributed by atoms with Gasteiger partial charge in [0.05, 0.1) is 17.4 Å². The first-order valence-corrected chi connectivity index (χ1v) is 10.4. The second-order valence-corrected chi connectivity index (χ2v) is 8.85. The molecule has 1 aliphatic rings. The van der Waals surface area contributed by atoms with Crippen LogP contribution in [0.15, 0.2) is 53.4 Å². The van der Waals surface area contributed by atoms with Gasteiger partial charge in [0.1, 0.15) is 5.75 Å². The summed E-state index contributed by atoms with van der Waals surface area (Å²) in [5.41, 5.74) is 1.44. The van der Waals surface area contributed by atoms with E-state index in [9.17, 15) is 13.2 Å². The molecule has 3 rings (SSSR count). The van der Waals surface area contributed by atoms with Crippen molar-refractivity contribution in [1.82, 2.24) is 4.31 Å². The van der Waals surface area contributed by atoms with Crippen LogP contribution in [0, 0.1) is 0 Å². The number of hydrogen-bond acceptors (Lipinski definition) is 4. The summed E-state index contributed by atoms with van der Waals surface area (Å²) >= 11 is 0. The molecular formula is C20H24N2O4S. The van der Waals surface area contributed by atoms with Crippen LogP contribution in [0.3, 0.4) is 0 Å². The molecule has 2 aromatic rings. The van der Waals surface area contributed by atoms with Crippen LogP contribution in [0.1, 0.15) is 31.7 Å². The highest BCUT2D eigenvalue weighted by molar-refractivity contribution is 7.89. The van der Waals surface area contributed by atoms with Crippen molar-refractivity contribution in [2.24, 2.45) is 0 Å². The second-order valence-electron chi connectivity index (χ2n) is 6.86. The summed E-state index contributed by atoms with van der Waals surface area (Å²) in [6.45, 7) is 4.13. The van der Waals surface area contributed by atoms with Gasteiger partial charge in [-0.1, -0.05) is 18.2 Å². The Labute approximate surface area is 160 Å². The van der Waals surface area contributed by atoms with Gasteiger partial charge >= 0.3 is 0 Å². The van der Waals surface area contributed by atoms with E-state index < -0.39 is 10.0 Å². The van der Waals surface area contributed by atoms with E-state index in [0.717, 1.165) is 11.3 Å². The van der Waals surface area contributed by atoms with Crippen LogP contribution in [0.5, 0.6) is 5.75 Å². The minimum Gasteiger partial charge on any atom is -0.493 e. The zero-order valence-electron chi connectivity index (χ0n) is 15.7. The number of carbonyl (C=O) groups is 1. The fourth-order valence-electron chi connectivity index (χ4n) is 3.00. The maximum Gasteiger partial charge on any atom is 0.243 e. The van der Waals surface area contributed by atoms with Gasteiger partial charge in [0, 0.05) is 24.3 Å². The van der Waals surface area contributed by atoms with E-state index in [-0.39, 0.29) is 22.8 Å². The molecule has 0 saturated carbocycles. The second kappa shape index (κ2) is 7.70. The maximum absolute atomic E-state index is 12.7. The molecule has 0 aromatic heterocycles. The highest BCUT2D eigenvalue weighted by Gasteiger charge is 2.28. The summed E-state index contributed by atoms with van der Waals surface area (Å²) < 4.78 is 31.9. The van der Waals surface area contributed by atoms with Crippen LogP contribution in [-0.4, -0.2) is 38.3 Å². The number of amides is 1. The van der Waals surface area contributed by atoms with Gasteiger partial charge in [-0.3, -0.25) is 4.79 Å². The molecule has 7 heteroatoms. The predicted molar refractivity (Wildman–Crippen MR) is 104 cm³/mol. The number of nitrogens with zero attached hydrogens (tertiary/aromatic N) is 1. The van der Waals surface area contributed by atoms with Crippen LogP contribution in [0.2, 0.25) is 0 Å². The summed E-state index contributed by atoms with van der Waals surface area (Å²) in [4.78, 5) is 12.9. The SMILES string of the molecule is CC(C)N(C)S(=O)(=O)c1ccc(NC(=O)C2CCOc3ccccc32)cc1. The predicted octanol–water partition coefficient (Wildman–Crippen LogP) is 3.22. The van der Waals surface area contributed by atoms with Gasteiger partial charge in [-0.25, -0.2) is 8.42 Å². The Balaban J connectivity index is 1.75. The zero-order chi connectivity index (χ0) is 19.6. The van der Waals surface area contributed by atoms with Gasteiger partial charge in [-0.2, -0.15) is 4.31 Å². The van der Waals surface area contributed by atoms with Gasteiger partial charge in [-0.15, -0.1) is 0 Å². The number of hydrogen-bond donors (Lipinski definition) is 1. The van der Waals surface area contributed by atoms with E-state index in [1.807, 2.05) is 38.1 Å². The third kappa shape index (κ3) is 3.99. The number of ether oxygens (including phenoxy) is 1. The monoisotopic (exact) mass is 388 g/mol. The summed E-state index contributed by atoms with van der Waals surface area (Å²) in [5.74, 6) is 0.327. The lowest BCUT2D eigenvalue weighted by atomic mass is 9.92. The number of nitrogens with one attached hydrogen (secondary N) is 1. The molecule has 2 aromatic carbocycles. The van der Waals surface area contributed by atoms with Gasteiger partial charge in [-0.05, 0) is 50.6 Å². The van der Waals surface area contributed by atoms with Gasteiger partial charge < -0.3 is 10.1 Å². The van der Waals surface area contributed by atoms with Crippen molar-refractivity contribution in [3.63, 3.8) is 0 Å². The lowest BCUT2D eigenvalue weighted by Gasteiger charge is -2.25. The summed E-state index contributed by atoms with van der Waals surface area (Å²) in [5, 5.41) is 2.88. The quantitative estimate of drug-likeness (QED) is 0.853. The number of rotatable bonds is 5. The maximum atomic E-state index is 12.7. The van der Waals surface area contributed by atoms with Crippen molar-refractivity contribution in [3.05, 3.63) is 54.1 Å². The fourth-order valence-corrected chi connectivity index (χ4v) is 4.37. The molecule has 1 amide bonds. The van der Waals surface area contributed by atoms with E-state index in [1.54, 1.807) is 19.2 Å². The van der Waals surface area contributed by atoms with Crippen molar-refractivity contribution in [2.75, 3.05) is 19.0 Å². The smallest absolute Gasteiger partial charge is 0.243 e. The molecule has 0 saturated heterocycles. The Kier molecular flexibility index (Phi) is 5.53. The average molecular weight is 388 g/mol. The Morgan fingerprint density at radius 2 is 1.81 bits per heavy atom. The molecular weight excluding hydrogens is 364 g/mol. The number of benzene rings is 2. The van der Waals surface area contributed by atoms with Crippen molar-refractivity contribution in [3.8, 4) is 5.75 Å². The van der Waals surface area contributed by atoms with Crippen molar-refractivity contribution >= 4 is 21.6 Å². The molecule has 27 heavy (non-hydrogen) atoms. The van der Waals surface area contributed by atoms with Crippen molar-refractivity contribution in [2.45, 2.75) is 37.1 Å². The largest absolute Gasteiger partial charge is 0.493 e. The molecule has 1 heterocycles. The third-order valence-corrected chi connectivity index (χ3v) is 6.85. The zero-order valence-corrected chi connectivity index (χ0v) is 16.5. The van der Waals surface area contributed by atoms with E-state index in [2.05, 4.69) is 5.32 Å². The summed E-state index contributed by atoms with van der Waals surface area (Å²) in [6, 6.07) is 13.7. The van der Waals surface area contributed by atoms with Crippen LogP contribution in [0.4, 0.5) is 5.69 Å². The lowest BCUT2D eigenvalue weighted by molar-refractivity contribution is -0.118. The van der Waals surface area contributed by atoms with Gasteiger partial charge in [0.15, 0.2) is 0 Å². The average Bonchev–Trinajstić information content (AvgIpc) is 2.67. The summed E-state index contributed by atoms with van der Waals surface area (Å²) in [6.07, 6.45) is 0.606. The highest BCUT2D eigenvalue weighted by atomic mass is 32.2. The minimum atomic E-state index is -3.54. The standard InChI is InChI=1S/C20H24N2O4S/c1-14(2)22(3)27(24,25)16-10-8-15(9-11-16)21-20(23)18-12-13-26-19-7-5-4-6-17(18)19/h4-11,14,18H,12-13H2,1-3H3,(H,21,23). The van der Waals surface area contributed by atoms with Crippen LogP contribution >= 0.6 is 0 Å². The van der Waals surface area contributed by atoms with Crippen LogP contribution < -0.4 is 10.1 Å². The van der Waals surface area contributed by atoms with E-state index >= 15 is 0 Å². The molecule has 1 unspecified atom stereocenters. The van der Waals surface area contributed by atoms with Crippen LogP contribution in [0.25, 0.3) is 0 Å². The van der Waals surface area contributed by atoms with Crippen molar-refractivity contribution < 1.29 is 17.9 Å². The third-order valence-electron chi connectivity index (χ3n) is 4.80. The minimum absolute atomic E-state index is 0.124. The highest BCUT2D eigenvalue weighted by Crippen LogP contribution is 2.34. The normalized spacial score (nSPS) is 16.7. The molecule has 6 nitrogen and oxygen atoms in total. The first-order chi connectivity index (χ1) is 12.8. The Bertz CT molecular complexity index is 923. The number of carbonyl (C=O) groups excluding carboxylic acids is 1. The number of anilines is 1. The molecule has 144 valence electrons. The number of sulfonamides is 1. The van der Waals surface area contributed by atoms with Crippen LogP contribution in [-0.2, 0) is 14.8 Å². The Morgan fingerprint density at radius 1 is 1.15 bits per heavy atom. The Hall–Kier alpha value is -2.38. The van der Waals surface area contributed by atoms with Gasteiger partial charge in [0.25, 0.3) is 0 Å². The van der Waals surface area contributed by atoms with E-state index in [1.165, 1.54) is 16.4 Å². The molecule has 1 N–H and O–H groups in total. The Morgan fingerprint density at radius 3 is 2.48 bits per heavy atom. The van der Waals surface area contributed by atoms with Gasteiger partial charge in [0.2, 0.25) is 15.9 Å². The number of fused-ring (bicyclic) bond motifs is 1. The molecule has 1 atom stereocenters. The van der Waals surface area contributed by atoms with Crippen molar-refractivity contribution in [1.29, 1.82) is 0 Å². The fraction of sp³-hybridized carbons (Fsp3) is 0.350. The molecule has 0 radical (unpaired) electrons. The number of para-hydroxylation sites is 1. The van der Waals surface area contributed by atoms with E-state index in [4.69, 9.17) is 4.74 Å². The first kappa shape index (κ1) is 19.4. The topological polar surface area (TPSA) is 75.7 Å².